The molecular weight excluding hydrogens is 246 g/mol. The van der Waals surface area contributed by atoms with Gasteiger partial charge in [-0.15, -0.1) is 0 Å². The second-order valence-corrected chi connectivity index (χ2v) is 3.59. The third kappa shape index (κ3) is 2.19. The van der Waals surface area contributed by atoms with E-state index in [-0.39, 0.29) is 0 Å². The molecule has 0 aliphatic rings. The molecule has 4 heteroatoms. The molecule has 0 fully saturated rings. The maximum atomic E-state index is 12.9. The molecule has 0 aromatic heterocycles. The Morgan fingerprint density at radius 2 is 2.25 bits per heavy atom. The van der Waals surface area contributed by atoms with Crippen LogP contribution in [-0.2, 0) is 5.11 Å². The van der Waals surface area contributed by atoms with Crippen LogP contribution in [0.25, 0.3) is 0 Å². The Hall–Kier alpha value is -0.120. The van der Waals surface area contributed by atoms with E-state index in [9.17, 15) is 9.50 Å². The van der Waals surface area contributed by atoms with E-state index in [4.69, 9.17) is 11.6 Å². The van der Waals surface area contributed by atoms with E-state index in [2.05, 4.69) is 15.9 Å². The van der Waals surface area contributed by atoms with Gasteiger partial charge in [0.1, 0.15) is 6.61 Å². The fraction of sp³-hybridized carbons (Fsp3) is 0.250. The van der Waals surface area contributed by atoms with Gasteiger partial charge in [-0.2, -0.15) is 0 Å². The lowest BCUT2D eigenvalue weighted by Crippen LogP contribution is -1.96. The molecule has 0 saturated carbocycles. The maximum Gasteiger partial charge on any atom is 0.153 e. The third-order valence-corrected chi connectivity index (χ3v) is 2.40. The van der Waals surface area contributed by atoms with E-state index in [0.717, 1.165) is 0 Å². The second kappa shape index (κ2) is 4.21. The summed E-state index contributed by atoms with van der Waals surface area (Å²) in [5.74, 6) is 0. The Morgan fingerprint density at radius 1 is 1.58 bits per heavy atom. The van der Waals surface area contributed by atoms with Gasteiger partial charge in [-0.05, 0) is 18.2 Å². The lowest BCUT2D eigenvalue weighted by Gasteiger charge is -2.06. The molecule has 1 rings (SSSR count). The molecule has 0 saturated heterocycles. The number of hydrogen-bond acceptors (Lipinski definition) is 0. The van der Waals surface area contributed by atoms with Gasteiger partial charge >= 0.3 is 0 Å². The van der Waals surface area contributed by atoms with Gasteiger partial charge < -0.3 is 0 Å². The first kappa shape index (κ1) is 9.96. The van der Waals surface area contributed by atoms with Gasteiger partial charge in [0.15, 0.2) is 6.17 Å². The zero-order chi connectivity index (χ0) is 9.14. The summed E-state index contributed by atoms with van der Waals surface area (Å²) < 4.78 is 13.5. The molecule has 0 bridgehead atoms. The minimum atomic E-state index is -1.49. The van der Waals surface area contributed by atoms with E-state index in [1.807, 2.05) is 0 Å². The largest absolute Gasteiger partial charge is 0.240 e. The Labute approximate surface area is 83.3 Å². The smallest absolute Gasteiger partial charge is 0.153 e. The summed E-state index contributed by atoms with van der Waals surface area (Å²) in [6, 6.07) is 4.71. The van der Waals surface area contributed by atoms with Crippen molar-refractivity contribution in [1.82, 2.24) is 0 Å². The summed E-state index contributed by atoms with van der Waals surface area (Å²) in [4.78, 5) is 0. The van der Waals surface area contributed by atoms with Crippen LogP contribution >= 0.6 is 27.5 Å². The molecule has 0 aliphatic carbocycles. The van der Waals surface area contributed by atoms with Crippen LogP contribution in [0.5, 0.6) is 0 Å². The van der Waals surface area contributed by atoms with E-state index < -0.39 is 12.8 Å². The lowest BCUT2D eigenvalue weighted by molar-refractivity contribution is 0.114. The maximum absolute atomic E-state index is 12.9. The van der Waals surface area contributed by atoms with Crippen LogP contribution in [0.15, 0.2) is 22.7 Å². The van der Waals surface area contributed by atoms with E-state index in [1.54, 1.807) is 12.1 Å². The van der Waals surface area contributed by atoms with Crippen molar-refractivity contribution in [3.63, 3.8) is 0 Å². The fourth-order valence-electron chi connectivity index (χ4n) is 0.844. The standard InChI is InChI=1S/C8H6BrClFO/c9-7-2-1-5(10)3-6(7)8(11)4-12/h1-3,8H,4H2. The Balaban J connectivity index is 3.04. The molecule has 0 aliphatic heterocycles. The van der Waals surface area contributed by atoms with Crippen LogP contribution in [0.4, 0.5) is 4.39 Å². The zero-order valence-corrected chi connectivity index (χ0v) is 8.40. The first-order valence-corrected chi connectivity index (χ1v) is 4.49. The molecule has 1 aromatic carbocycles. The minimum absolute atomic E-state index is 0.317. The molecule has 1 atom stereocenters. The van der Waals surface area contributed by atoms with Gasteiger partial charge in [-0.1, -0.05) is 27.5 Å². The predicted molar refractivity (Wildman–Crippen MR) is 48.6 cm³/mol. The highest BCUT2D eigenvalue weighted by molar-refractivity contribution is 9.10. The van der Waals surface area contributed by atoms with Crippen LogP contribution in [-0.4, -0.2) is 6.61 Å². The van der Waals surface area contributed by atoms with Crippen molar-refractivity contribution >= 4 is 27.5 Å². The van der Waals surface area contributed by atoms with Gasteiger partial charge in [0, 0.05) is 15.1 Å². The first-order chi connectivity index (χ1) is 5.65. The van der Waals surface area contributed by atoms with E-state index in [0.29, 0.717) is 15.1 Å². The summed E-state index contributed by atoms with van der Waals surface area (Å²) in [7, 11) is 0. The summed E-state index contributed by atoms with van der Waals surface area (Å²) in [6.07, 6.45) is -1.49. The molecule has 1 radical (unpaired) electrons. The number of rotatable bonds is 2. The molecule has 0 amide bonds. The van der Waals surface area contributed by atoms with Crippen LogP contribution in [0, 0.1) is 0 Å². The minimum Gasteiger partial charge on any atom is -0.240 e. The summed E-state index contributed by atoms with van der Waals surface area (Å²) in [5.41, 5.74) is 0.317. The van der Waals surface area contributed by atoms with Crippen LogP contribution in [0.2, 0.25) is 5.02 Å². The molecular formula is C8H6BrClFO. The van der Waals surface area contributed by atoms with Gasteiger partial charge in [0.2, 0.25) is 0 Å². The average Bonchev–Trinajstić information content (AvgIpc) is 2.08. The highest BCUT2D eigenvalue weighted by Gasteiger charge is 2.12. The Kier molecular flexibility index (Phi) is 3.50. The highest BCUT2D eigenvalue weighted by atomic mass is 79.9. The van der Waals surface area contributed by atoms with Crippen molar-refractivity contribution in [2.24, 2.45) is 0 Å². The molecule has 0 N–H and O–H groups in total. The van der Waals surface area contributed by atoms with Gasteiger partial charge in [-0.25, -0.2) is 9.50 Å². The van der Waals surface area contributed by atoms with Crippen LogP contribution in [0.1, 0.15) is 11.7 Å². The molecule has 0 spiro atoms. The molecule has 12 heavy (non-hydrogen) atoms. The summed E-state index contributed by atoms with van der Waals surface area (Å²) >= 11 is 8.76. The molecule has 0 heterocycles. The van der Waals surface area contributed by atoms with Crippen molar-refractivity contribution in [2.75, 3.05) is 6.61 Å². The summed E-state index contributed by atoms with van der Waals surface area (Å²) in [5, 5.41) is 10.7. The monoisotopic (exact) mass is 251 g/mol. The van der Waals surface area contributed by atoms with Gasteiger partial charge in [0.05, 0.1) is 0 Å². The molecule has 1 nitrogen and oxygen atoms in total. The van der Waals surface area contributed by atoms with Crippen molar-refractivity contribution in [1.29, 1.82) is 0 Å². The normalized spacial score (nSPS) is 13.0. The zero-order valence-electron chi connectivity index (χ0n) is 6.06. The van der Waals surface area contributed by atoms with Crippen molar-refractivity contribution in [2.45, 2.75) is 6.17 Å². The topological polar surface area (TPSA) is 19.9 Å². The summed E-state index contributed by atoms with van der Waals surface area (Å²) in [6.45, 7) is -0.779. The van der Waals surface area contributed by atoms with Crippen molar-refractivity contribution in [3.8, 4) is 0 Å². The highest BCUT2D eigenvalue weighted by Crippen LogP contribution is 2.28. The number of alkyl halides is 1. The molecule has 65 valence electrons. The van der Waals surface area contributed by atoms with Crippen LogP contribution in [0.3, 0.4) is 0 Å². The van der Waals surface area contributed by atoms with Gasteiger partial charge in [0.25, 0.3) is 0 Å². The number of hydrogen-bond donors (Lipinski definition) is 0. The Morgan fingerprint density at radius 3 is 2.83 bits per heavy atom. The third-order valence-electron chi connectivity index (χ3n) is 1.44. The lowest BCUT2D eigenvalue weighted by atomic mass is 10.1. The van der Waals surface area contributed by atoms with E-state index >= 15 is 0 Å². The predicted octanol–water partition coefficient (Wildman–Crippen LogP) is 3.54. The average molecular weight is 252 g/mol. The molecule has 1 unspecified atom stereocenters. The first-order valence-electron chi connectivity index (χ1n) is 3.32. The van der Waals surface area contributed by atoms with Gasteiger partial charge in [-0.3, -0.25) is 0 Å². The SMILES string of the molecule is [O]CC(F)c1cc(Cl)ccc1Br. The Bertz CT molecular complexity index is 280. The molecule has 1 aromatic rings. The quantitative estimate of drug-likeness (QED) is 0.767. The van der Waals surface area contributed by atoms with Crippen molar-refractivity contribution in [3.05, 3.63) is 33.3 Å². The van der Waals surface area contributed by atoms with E-state index in [1.165, 1.54) is 6.07 Å². The van der Waals surface area contributed by atoms with Crippen LogP contribution < -0.4 is 0 Å². The second-order valence-electron chi connectivity index (χ2n) is 2.30. The fourth-order valence-corrected chi connectivity index (χ4v) is 1.52. The number of halogens is 3. The number of benzene rings is 1. The van der Waals surface area contributed by atoms with Crippen molar-refractivity contribution < 1.29 is 9.50 Å².